The van der Waals surface area contributed by atoms with Gasteiger partial charge < -0.3 is 10.6 Å². The Kier molecular flexibility index (Phi) is 5.10. The fraction of sp³-hybridized carbons (Fsp3) is 0.474. The minimum absolute atomic E-state index is 0.145. The molecule has 1 fully saturated rings. The number of nitrogens with one attached hydrogen (secondary N) is 4. The van der Waals surface area contributed by atoms with E-state index in [9.17, 15) is 4.39 Å². The van der Waals surface area contributed by atoms with Crippen molar-refractivity contribution in [1.82, 2.24) is 26.1 Å². The number of hydrazine groups is 1. The molecule has 3 heterocycles. The number of hydrogen-bond acceptors (Lipinski definition) is 6. The van der Waals surface area contributed by atoms with Crippen LogP contribution < -0.4 is 21.5 Å². The van der Waals surface area contributed by atoms with E-state index in [1.807, 2.05) is 19.1 Å². The Morgan fingerprint density at radius 1 is 1.15 bits per heavy atom. The monoisotopic (exact) mass is 356 g/mol. The summed E-state index contributed by atoms with van der Waals surface area (Å²) < 4.78 is 13.2. The molecule has 0 bridgehead atoms. The van der Waals surface area contributed by atoms with Crippen LogP contribution >= 0.6 is 0 Å². The van der Waals surface area contributed by atoms with Gasteiger partial charge >= 0.3 is 0 Å². The van der Waals surface area contributed by atoms with Crippen LogP contribution in [0.2, 0.25) is 0 Å². The lowest BCUT2D eigenvalue weighted by Crippen LogP contribution is -2.26. The molecule has 2 aliphatic heterocycles. The van der Waals surface area contributed by atoms with Gasteiger partial charge in [0.1, 0.15) is 17.5 Å². The summed E-state index contributed by atoms with van der Waals surface area (Å²) in [5, 5.41) is 6.99. The first kappa shape index (κ1) is 17.3. The number of aromatic nitrogens is 2. The van der Waals surface area contributed by atoms with Gasteiger partial charge in [0.25, 0.3) is 0 Å². The first-order valence-corrected chi connectivity index (χ1v) is 9.25. The topological polar surface area (TPSA) is 73.9 Å². The van der Waals surface area contributed by atoms with E-state index < -0.39 is 0 Å². The van der Waals surface area contributed by atoms with E-state index in [0.29, 0.717) is 5.92 Å². The molecular weight excluding hydrogens is 331 g/mol. The van der Waals surface area contributed by atoms with E-state index in [1.54, 1.807) is 0 Å². The maximum absolute atomic E-state index is 13.2. The molecule has 2 unspecified atom stereocenters. The van der Waals surface area contributed by atoms with Crippen LogP contribution in [-0.2, 0) is 12.8 Å². The fourth-order valence-electron chi connectivity index (χ4n) is 3.79. The summed E-state index contributed by atoms with van der Waals surface area (Å²) in [4.78, 5) is 9.29. The van der Waals surface area contributed by atoms with Crippen molar-refractivity contribution in [2.24, 2.45) is 5.92 Å². The van der Waals surface area contributed by atoms with Crippen LogP contribution in [0, 0.1) is 18.7 Å². The molecule has 0 radical (unpaired) electrons. The zero-order chi connectivity index (χ0) is 17.9. The number of fused-ring (bicyclic) bond motifs is 1. The summed E-state index contributed by atoms with van der Waals surface area (Å²) in [5.74, 6) is 1.91. The summed E-state index contributed by atoms with van der Waals surface area (Å²) in [6.07, 6.45) is 1.89. The highest BCUT2D eigenvalue weighted by molar-refractivity contribution is 5.47. The highest BCUT2D eigenvalue weighted by atomic mass is 19.1. The highest BCUT2D eigenvalue weighted by Gasteiger charge is 2.28. The number of nitrogens with zero attached hydrogens (tertiary/aromatic N) is 2. The van der Waals surface area contributed by atoms with Crippen LogP contribution in [0.25, 0.3) is 0 Å². The van der Waals surface area contributed by atoms with Crippen molar-refractivity contribution >= 4 is 5.82 Å². The molecule has 0 aliphatic carbocycles. The Bertz CT molecular complexity index is 763. The molecule has 0 spiro atoms. The van der Waals surface area contributed by atoms with Crippen molar-refractivity contribution in [3.8, 4) is 0 Å². The highest BCUT2D eigenvalue weighted by Crippen LogP contribution is 2.26. The van der Waals surface area contributed by atoms with Crippen LogP contribution in [0.3, 0.4) is 0 Å². The van der Waals surface area contributed by atoms with Gasteiger partial charge in [0.05, 0.1) is 11.7 Å². The molecule has 1 aromatic carbocycles. The van der Waals surface area contributed by atoms with Crippen molar-refractivity contribution in [2.45, 2.75) is 25.8 Å². The molecule has 1 saturated heterocycles. The lowest BCUT2D eigenvalue weighted by atomic mass is 9.95. The Balaban J connectivity index is 1.50. The molecule has 138 valence electrons. The summed E-state index contributed by atoms with van der Waals surface area (Å²) in [5.41, 5.74) is 10.0. The van der Waals surface area contributed by atoms with Gasteiger partial charge in [-0.25, -0.2) is 19.8 Å². The summed E-state index contributed by atoms with van der Waals surface area (Å²) in [7, 11) is 0. The molecule has 2 aromatic rings. The van der Waals surface area contributed by atoms with Crippen molar-refractivity contribution in [2.75, 3.05) is 31.5 Å². The van der Waals surface area contributed by atoms with Gasteiger partial charge in [-0.15, -0.1) is 0 Å². The first-order chi connectivity index (χ1) is 12.7. The predicted octanol–water partition coefficient (Wildman–Crippen LogP) is 1.49. The van der Waals surface area contributed by atoms with E-state index in [2.05, 4.69) is 31.5 Å². The van der Waals surface area contributed by atoms with Gasteiger partial charge in [0.15, 0.2) is 0 Å². The largest absolute Gasteiger partial charge is 0.369 e. The van der Waals surface area contributed by atoms with E-state index in [4.69, 9.17) is 0 Å². The molecule has 26 heavy (non-hydrogen) atoms. The van der Waals surface area contributed by atoms with Crippen molar-refractivity contribution < 1.29 is 4.39 Å². The van der Waals surface area contributed by atoms with Crippen molar-refractivity contribution in [1.29, 1.82) is 0 Å². The summed E-state index contributed by atoms with van der Waals surface area (Å²) in [6, 6.07) is 6.87. The van der Waals surface area contributed by atoms with Crippen LogP contribution in [0.5, 0.6) is 0 Å². The second-order valence-corrected chi connectivity index (χ2v) is 6.99. The van der Waals surface area contributed by atoms with E-state index in [1.165, 1.54) is 17.7 Å². The SMILES string of the molecule is Cc1nc2c(c(NCC3CNNC3c3ccc(F)cc3)n1)CCNCC2. The molecule has 1 aromatic heterocycles. The minimum Gasteiger partial charge on any atom is -0.369 e. The smallest absolute Gasteiger partial charge is 0.133 e. The Morgan fingerprint density at radius 3 is 2.81 bits per heavy atom. The third-order valence-electron chi connectivity index (χ3n) is 5.15. The molecule has 4 N–H and O–H groups in total. The quantitative estimate of drug-likeness (QED) is 0.665. The number of rotatable bonds is 4. The number of benzene rings is 1. The first-order valence-electron chi connectivity index (χ1n) is 9.25. The minimum atomic E-state index is -0.206. The van der Waals surface area contributed by atoms with Crippen LogP contribution in [0.15, 0.2) is 24.3 Å². The molecule has 4 rings (SSSR count). The van der Waals surface area contributed by atoms with Crippen LogP contribution in [0.4, 0.5) is 10.2 Å². The maximum Gasteiger partial charge on any atom is 0.133 e. The lowest BCUT2D eigenvalue weighted by molar-refractivity contribution is 0.491. The van der Waals surface area contributed by atoms with E-state index >= 15 is 0 Å². The van der Waals surface area contributed by atoms with Gasteiger partial charge in [-0.3, -0.25) is 5.43 Å². The second-order valence-electron chi connectivity index (χ2n) is 6.99. The number of hydrogen-bond donors (Lipinski definition) is 4. The van der Waals surface area contributed by atoms with Gasteiger partial charge in [-0.1, -0.05) is 12.1 Å². The Hall–Kier alpha value is -2.09. The average molecular weight is 356 g/mol. The van der Waals surface area contributed by atoms with Crippen LogP contribution in [-0.4, -0.2) is 36.1 Å². The predicted molar refractivity (Wildman–Crippen MR) is 99.3 cm³/mol. The normalized spacial score (nSPS) is 22.7. The van der Waals surface area contributed by atoms with Gasteiger partial charge in [-0.05, 0) is 37.6 Å². The van der Waals surface area contributed by atoms with Gasteiger partial charge in [-0.2, -0.15) is 0 Å². The summed E-state index contributed by atoms with van der Waals surface area (Å²) in [6.45, 7) is 5.51. The van der Waals surface area contributed by atoms with Crippen LogP contribution in [0.1, 0.15) is 28.7 Å². The molecule has 0 amide bonds. The molecule has 6 nitrogen and oxygen atoms in total. The van der Waals surface area contributed by atoms with Gasteiger partial charge in [0.2, 0.25) is 0 Å². The molecule has 2 atom stereocenters. The lowest BCUT2D eigenvalue weighted by Gasteiger charge is -2.21. The van der Waals surface area contributed by atoms with E-state index in [-0.39, 0.29) is 11.9 Å². The zero-order valence-electron chi connectivity index (χ0n) is 15.0. The Morgan fingerprint density at radius 2 is 1.96 bits per heavy atom. The zero-order valence-corrected chi connectivity index (χ0v) is 15.0. The van der Waals surface area contributed by atoms with Gasteiger partial charge in [0, 0.05) is 37.5 Å². The molecule has 2 aliphatic rings. The maximum atomic E-state index is 13.2. The third-order valence-corrected chi connectivity index (χ3v) is 5.15. The average Bonchev–Trinajstić information content (AvgIpc) is 2.97. The molecule has 7 heteroatoms. The fourth-order valence-corrected chi connectivity index (χ4v) is 3.79. The number of aryl methyl sites for hydroxylation is 1. The third kappa shape index (κ3) is 3.70. The number of anilines is 1. The Labute approximate surface area is 153 Å². The molecular formula is C19H25FN6. The second kappa shape index (κ2) is 7.65. The standard InChI is InChI=1S/C19H25FN6/c1-12-24-17-7-9-21-8-6-16(17)19(25-12)22-10-14-11-23-26-18(14)13-2-4-15(20)5-3-13/h2-5,14,18,21,23,26H,6-11H2,1H3,(H,22,24,25). The van der Waals surface area contributed by atoms with Crippen molar-refractivity contribution in [3.05, 3.63) is 52.7 Å². The summed E-state index contributed by atoms with van der Waals surface area (Å²) >= 11 is 0. The van der Waals surface area contributed by atoms with Crippen molar-refractivity contribution in [3.63, 3.8) is 0 Å². The number of halogens is 1. The molecule has 0 saturated carbocycles. The van der Waals surface area contributed by atoms with E-state index in [0.717, 1.165) is 61.9 Å².